The number of thioether (sulfide) groups is 1. The fourth-order valence-corrected chi connectivity index (χ4v) is 5.38. The van der Waals surface area contributed by atoms with E-state index in [1.165, 1.54) is 4.57 Å². The molecule has 0 spiro atoms. The van der Waals surface area contributed by atoms with Crippen LogP contribution < -0.4 is 15.4 Å². The Labute approximate surface area is 232 Å². The van der Waals surface area contributed by atoms with Gasteiger partial charge in [-0.3, -0.25) is 0 Å². The summed E-state index contributed by atoms with van der Waals surface area (Å²) in [6.07, 6.45) is -0.464. The number of aromatic nitrogens is 1. The molecule has 2 aromatic carbocycles. The van der Waals surface area contributed by atoms with Gasteiger partial charge in [-0.15, -0.1) is 11.8 Å². The Bertz CT molecular complexity index is 1310. The number of fused-ring (bicyclic) bond motifs is 1. The number of benzene rings is 2. The zero-order valence-corrected chi connectivity index (χ0v) is 23.3. The highest BCUT2D eigenvalue weighted by atomic mass is 32.2. The second-order valence-electron chi connectivity index (χ2n) is 9.45. The number of halogens is 3. The quantitative estimate of drug-likeness (QED) is 0.237. The maximum atomic E-state index is 13.5. The van der Waals surface area contributed by atoms with Gasteiger partial charge in [-0.2, -0.15) is 13.2 Å². The molecule has 0 bridgehead atoms. The summed E-state index contributed by atoms with van der Waals surface area (Å²) in [5.74, 6) is 6.72. The molecule has 1 aliphatic rings. The van der Waals surface area contributed by atoms with E-state index in [1.807, 2.05) is 30.5 Å². The van der Waals surface area contributed by atoms with Crippen molar-refractivity contribution in [3.05, 3.63) is 48.2 Å². The first-order chi connectivity index (χ1) is 18.8. The summed E-state index contributed by atoms with van der Waals surface area (Å²) in [7, 11) is 3.32. The van der Waals surface area contributed by atoms with E-state index < -0.39 is 12.7 Å². The normalized spacial score (nSPS) is 14.7. The van der Waals surface area contributed by atoms with E-state index in [0.29, 0.717) is 17.8 Å². The van der Waals surface area contributed by atoms with Gasteiger partial charge in [-0.1, -0.05) is 12.0 Å². The number of methoxy groups -OCH3 is 2. The number of nitrogens with one attached hydrogen (secondary N) is 2. The van der Waals surface area contributed by atoms with E-state index in [2.05, 4.69) is 27.4 Å². The van der Waals surface area contributed by atoms with Crippen molar-refractivity contribution in [3.8, 4) is 17.6 Å². The Morgan fingerprint density at radius 1 is 1.10 bits per heavy atom. The predicted octanol–water partition coefficient (Wildman–Crippen LogP) is 5.92. The molecule has 210 valence electrons. The summed E-state index contributed by atoms with van der Waals surface area (Å²) >= 11 is 1.59. The fraction of sp³-hybridized carbons (Fsp3) is 0.448. The molecule has 0 radical (unpaired) electrons. The predicted molar refractivity (Wildman–Crippen MR) is 153 cm³/mol. The first-order valence-corrected chi connectivity index (χ1v) is 14.2. The van der Waals surface area contributed by atoms with Crippen molar-refractivity contribution in [3.63, 3.8) is 0 Å². The van der Waals surface area contributed by atoms with Crippen LogP contribution in [-0.4, -0.2) is 74.9 Å². The molecule has 1 aliphatic heterocycles. The van der Waals surface area contributed by atoms with Crippen LogP contribution in [0.15, 0.2) is 47.4 Å². The van der Waals surface area contributed by atoms with Gasteiger partial charge in [-0.25, -0.2) is 0 Å². The zero-order valence-electron chi connectivity index (χ0n) is 22.5. The van der Waals surface area contributed by atoms with Crippen LogP contribution in [0.2, 0.25) is 0 Å². The molecule has 2 N–H and O–H groups in total. The van der Waals surface area contributed by atoms with E-state index in [-0.39, 0.29) is 12.6 Å². The largest absolute Gasteiger partial charge is 0.496 e. The molecule has 1 fully saturated rings. The Morgan fingerprint density at radius 2 is 1.90 bits per heavy atom. The minimum absolute atomic E-state index is 0.258. The van der Waals surface area contributed by atoms with Crippen molar-refractivity contribution in [1.82, 2.24) is 9.47 Å². The average Bonchev–Trinajstić information content (AvgIpc) is 3.27. The highest BCUT2D eigenvalue weighted by molar-refractivity contribution is 7.98. The van der Waals surface area contributed by atoms with Crippen LogP contribution in [0.1, 0.15) is 18.5 Å². The first-order valence-electron chi connectivity index (χ1n) is 12.9. The van der Waals surface area contributed by atoms with Crippen LogP contribution in [0.5, 0.6) is 5.75 Å². The molecule has 3 aromatic rings. The molecule has 10 heteroatoms. The molecule has 1 saturated heterocycles. The number of alkyl halides is 3. The van der Waals surface area contributed by atoms with Crippen LogP contribution in [0, 0.1) is 11.8 Å². The van der Waals surface area contributed by atoms with Gasteiger partial charge in [0.1, 0.15) is 12.3 Å². The van der Waals surface area contributed by atoms with E-state index >= 15 is 0 Å². The molecular formula is C29H35F3N4O2S. The third-order valence-electron chi connectivity index (χ3n) is 6.82. The monoisotopic (exact) mass is 560 g/mol. The van der Waals surface area contributed by atoms with Crippen molar-refractivity contribution in [2.45, 2.75) is 36.5 Å². The fourth-order valence-electron chi connectivity index (χ4n) is 4.83. The molecule has 4 rings (SSSR count). The van der Waals surface area contributed by atoms with Crippen LogP contribution in [0.4, 0.5) is 24.5 Å². The van der Waals surface area contributed by atoms with E-state index in [9.17, 15) is 13.2 Å². The second-order valence-corrected chi connectivity index (χ2v) is 10.3. The molecule has 0 amide bonds. The molecule has 6 nitrogen and oxygen atoms in total. The Balaban J connectivity index is 1.52. The zero-order chi connectivity index (χ0) is 27.8. The van der Waals surface area contributed by atoms with Crippen LogP contribution >= 0.6 is 11.8 Å². The van der Waals surface area contributed by atoms with Crippen LogP contribution in [0.3, 0.4) is 0 Å². The Hall–Kier alpha value is -3.00. The molecule has 0 unspecified atom stereocenters. The molecule has 0 saturated carbocycles. The van der Waals surface area contributed by atoms with Crippen molar-refractivity contribution in [2.75, 3.05) is 63.9 Å². The molecule has 39 heavy (non-hydrogen) atoms. The lowest BCUT2D eigenvalue weighted by molar-refractivity contribution is -0.140. The van der Waals surface area contributed by atoms with Gasteiger partial charge in [0.15, 0.2) is 0 Å². The van der Waals surface area contributed by atoms with Gasteiger partial charge in [0.05, 0.1) is 31.5 Å². The number of rotatable bonds is 10. The van der Waals surface area contributed by atoms with E-state index in [4.69, 9.17) is 9.47 Å². The minimum atomic E-state index is -4.37. The van der Waals surface area contributed by atoms with Crippen molar-refractivity contribution >= 4 is 34.0 Å². The third kappa shape index (κ3) is 7.78. The number of ether oxygens (including phenoxy) is 2. The van der Waals surface area contributed by atoms with Crippen molar-refractivity contribution in [2.24, 2.45) is 0 Å². The van der Waals surface area contributed by atoms with Crippen LogP contribution in [-0.2, 0) is 11.3 Å². The SMILES string of the molecule is COCCN1CCC(Nc2cccc3c2cc(C#CCNc2ccc(SC)c(OC)c2)n3CC(F)(F)F)CC1. The lowest BCUT2D eigenvalue weighted by Gasteiger charge is -2.32. The molecule has 0 atom stereocenters. The van der Waals surface area contributed by atoms with Crippen LogP contribution in [0.25, 0.3) is 10.9 Å². The lowest BCUT2D eigenvalue weighted by atomic mass is 10.0. The number of hydrogen-bond acceptors (Lipinski definition) is 6. The van der Waals surface area contributed by atoms with E-state index in [1.54, 1.807) is 44.2 Å². The number of piperidine rings is 1. The third-order valence-corrected chi connectivity index (χ3v) is 7.60. The molecule has 1 aromatic heterocycles. The Morgan fingerprint density at radius 3 is 2.59 bits per heavy atom. The summed E-state index contributed by atoms with van der Waals surface area (Å²) in [6.45, 7) is 2.72. The smallest absolute Gasteiger partial charge is 0.406 e. The van der Waals surface area contributed by atoms with Gasteiger partial charge in [0, 0.05) is 60.5 Å². The topological polar surface area (TPSA) is 50.7 Å². The summed E-state index contributed by atoms with van der Waals surface area (Å²) in [4.78, 5) is 3.39. The maximum Gasteiger partial charge on any atom is 0.406 e. The summed E-state index contributed by atoms with van der Waals surface area (Å²) in [5, 5.41) is 7.54. The number of anilines is 2. The Kier molecular flexibility index (Phi) is 9.94. The second kappa shape index (κ2) is 13.4. The highest BCUT2D eigenvalue weighted by Gasteiger charge is 2.30. The van der Waals surface area contributed by atoms with Crippen molar-refractivity contribution in [1.29, 1.82) is 0 Å². The minimum Gasteiger partial charge on any atom is -0.496 e. The summed E-state index contributed by atoms with van der Waals surface area (Å²) in [5.41, 5.74) is 2.52. The highest BCUT2D eigenvalue weighted by Crippen LogP contribution is 2.32. The van der Waals surface area contributed by atoms with Gasteiger partial charge < -0.3 is 29.6 Å². The average molecular weight is 561 g/mol. The van der Waals surface area contributed by atoms with Crippen molar-refractivity contribution < 1.29 is 22.6 Å². The van der Waals surface area contributed by atoms with Gasteiger partial charge in [0.25, 0.3) is 0 Å². The number of likely N-dealkylation sites (tertiary alicyclic amines) is 1. The van der Waals surface area contributed by atoms with Gasteiger partial charge in [0.2, 0.25) is 0 Å². The van der Waals surface area contributed by atoms with E-state index in [0.717, 1.165) is 59.9 Å². The molecular weight excluding hydrogens is 525 g/mol. The standard InChI is InChI=1S/C29H35F3N4O2S/c1-37-17-16-35-14-11-21(12-15-35)34-25-7-4-8-26-24(25)19-23(36(26)20-29(30,31)32)6-5-13-33-22-9-10-28(39-3)27(18-22)38-2/h4,7-10,18-19,21,33-34H,11-17,20H2,1-3H3. The lowest BCUT2D eigenvalue weighted by Crippen LogP contribution is -2.40. The molecule has 0 aliphatic carbocycles. The summed E-state index contributed by atoms with van der Waals surface area (Å²) in [6, 6.07) is 13.2. The number of hydrogen-bond donors (Lipinski definition) is 2. The van der Waals surface area contributed by atoms with Gasteiger partial charge in [-0.05, 0) is 55.3 Å². The molecule has 2 heterocycles. The maximum absolute atomic E-state index is 13.5. The summed E-state index contributed by atoms with van der Waals surface area (Å²) < 4.78 is 52.5. The number of nitrogens with zero attached hydrogens (tertiary/aromatic N) is 2. The first kappa shape index (κ1) is 29.0. The van der Waals surface area contributed by atoms with Gasteiger partial charge >= 0.3 is 6.18 Å².